The molecule has 1 nitrogen and oxygen atoms in total. The van der Waals surface area contributed by atoms with E-state index in [9.17, 15) is 0 Å². The molecule has 0 bridgehead atoms. The second-order valence-corrected chi connectivity index (χ2v) is 5.36. The fourth-order valence-corrected chi connectivity index (χ4v) is 4.02. The average Bonchev–Trinajstić information content (AvgIpc) is 2.55. The lowest BCUT2D eigenvalue weighted by atomic mass is 9.95. The predicted molar refractivity (Wildman–Crippen MR) is 63.3 cm³/mol. The van der Waals surface area contributed by atoms with Gasteiger partial charge in [0.1, 0.15) is 0 Å². The normalized spacial score (nSPS) is 29.9. The fourth-order valence-electron chi connectivity index (χ4n) is 2.79. The third-order valence-electron chi connectivity index (χ3n) is 3.53. The second-order valence-electron chi connectivity index (χ2n) is 4.21. The van der Waals surface area contributed by atoms with Gasteiger partial charge in [0.25, 0.3) is 0 Å². The van der Waals surface area contributed by atoms with E-state index >= 15 is 0 Å². The van der Waals surface area contributed by atoms with Crippen LogP contribution in [0.2, 0.25) is 0 Å². The first kappa shape index (κ1) is 8.66. The van der Waals surface area contributed by atoms with Gasteiger partial charge in [0.05, 0.1) is 0 Å². The molecule has 2 heteroatoms. The average molecular weight is 205 g/mol. The number of thioether (sulfide) groups is 1. The second kappa shape index (κ2) is 3.20. The quantitative estimate of drug-likeness (QED) is 0.640. The molecule has 2 heterocycles. The van der Waals surface area contributed by atoms with Crippen molar-refractivity contribution in [3.05, 3.63) is 29.8 Å². The van der Waals surface area contributed by atoms with Crippen molar-refractivity contribution in [2.75, 3.05) is 23.5 Å². The van der Waals surface area contributed by atoms with Crippen molar-refractivity contribution in [1.82, 2.24) is 0 Å². The minimum Gasteiger partial charge on any atom is -0.371 e. The van der Waals surface area contributed by atoms with E-state index in [0.29, 0.717) is 0 Å². The number of hydrogen-bond donors (Lipinski definition) is 0. The van der Waals surface area contributed by atoms with Crippen molar-refractivity contribution >= 4 is 17.4 Å². The van der Waals surface area contributed by atoms with Crippen molar-refractivity contribution in [1.29, 1.82) is 0 Å². The molecule has 2 aliphatic heterocycles. The van der Waals surface area contributed by atoms with Gasteiger partial charge in [-0.25, -0.2) is 0 Å². The molecule has 1 fully saturated rings. The number of nitrogens with zero attached hydrogens (tertiary/aromatic N) is 1. The summed E-state index contributed by atoms with van der Waals surface area (Å²) in [4.78, 5) is 2.49. The van der Waals surface area contributed by atoms with Crippen LogP contribution in [0.4, 0.5) is 5.69 Å². The van der Waals surface area contributed by atoms with E-state index in [2.05, 4.69) is 48.0 Å². The third-order valence-corrected chi connectivity index (χ3v) is 4.65. The number of hydrogen-bond acceptors (Lipinski definition) is 2. The number of anilines is 1. The summed E-state index contributed by atoms with van der Waals surface area (Å²) in [7, 11) is 2.25. The zero-order valence-corrected chi connectivity index (χ0v) is 9.26. The molecule has 3 rings (SSSR count). The maximum Gasteiger partial charge on any atom is 0.0402 e. The van der Waals surface area contributed by atoms with Gasteiger partial charge < -0.3 is 4.90 Å². The van der Waals surface area contributed by atoms with Gasteiger partial charge in [0.15, 0.2) is 0 Å². The highest BCUT2D eigenvalue weighted by molar-refractivity contribution is 7.99. The van der Waals surface area contributed by atoms with Crippen LogP contribution in [-0.4, -0.2) is 24.6 Å². The van der Waals surface area contributed by atoms with Crippen molar-refractivity contribution in [3.63, 3.8) is 0 Å². The fraction of sp³-hybridized carbons (Fsp3) is 0.500. The number of para-hydroxylation sites is 1. The summed E-state index contributed by atoms with van der Waals surface area (Å²) < 4.78 is 0. The highest BCUT2D eigenvalue weighted by Crippen LogP contribution is 2.45. The van der Waals surface area contributed by atoms with Crippen LogP contribution >= 0.6 is 11.8 Å². The first-order chi connectivity index (χ1) is 6.88. The van der Waals surface area contributed by atoms with Crippen LogP contribution in [0.5, 0.6) is 0 Å². The van der Waals surface area contributed by atoms with Gasteiger partial charge in [-0.1, -0.05) is 18.2 Å². The molecule has 0 N–H and O–H groups in total. The number of benzene rings is 1. The molecule has 0 aromatic heterocycles. The molecule has 2 atom stereocenters. The Morgan fingerprint density at radius 3 is 3.14 bits per heavy atom. The molecule has 0 radical (unpaired) electrons. The Kier molecular flexibility index (Phi) is 1.98. The van der Waals surface area contributed by atoms with Gasteiger partial charge in [-0.3, -0.25) is 0 Å². The molecule has 1 aromatic carbocycles. The first-order valence-corrected chi connectivity index (χ1v) is 6.43. The van der Waals surface area contributed by atoms with E-state index < -0.39 is 0 Å². The van der Waals surface area contributed by atoms with Crippen LogP contribution in [-0.2, 0) is 0 Å². The molecule has 74 valence electrons. The van der Waals surface area contributed by atoms with E-state index in [1.165, 1.54) is 23.6 Å². The lowest BCUT2D eigenvalue weighted by Gasteiger charge is -2.30. The Bertz CT molecular complexity index is 350. The standard InChI is InChI=1S/C12H15NS/c1-13-11-5-3-2-4-9(11)10-8-14-7-6-12(10)13/h2-5,10,12H,6-8H2,1H3. The van der Waals surface area contributed by atoms with Gasteiger partial charge in [-0.05, 0) is 23.8 Å². The molecule has 0 saturated carbocycles. The molecule has 14 heavy (non-hydrogen) atoms. The zero-order valence-electron chi connectivity index (χ0n) is 8.44. The predicted octanol–water partition coefficient (Wildman–Crippen LogP) is 2.73. The maximum absolute atomic E-state index is 2.49. The maximum atomic E-state index is 2.49. The molecular weight excluding hydrogens is 190 g/mol. The van der Waals surface area contributed by atoms with Crippen LogP contribution < -0.4 is 4.90 Å². The summed E-state index contributed by atoms with van der Waals surface area (Å²) in [5.41, 5.74) is 3.04. The van der Waals surface area contributed by atoms with E-state index in [1.807, 2.05) is 0 Å². The third kappa shape index (κ3) is 1.10. The molecule has 0 aliphatic carbocycles. The van der Waals surface area contributed by atoms with Gasteiger partial charge in [-0.2, -0.15) is 11.8 Å². The Balaban J connectivity index is 2.06. The first-order valence-electron chi connectivity index (χ1n) is 5.27. The zero-order chi connectivity index (χ0) is 9.54. The van der Waals surface area contributed by atoms with E-state index in [1.54, 1.807) is 5.56 Å². The van der Waals surface area contributed by atoms with Crippen LogP contribution in [0.1, 0.15) is 17.9 Å². The topological polar surface area (TPSA) is 3.24 Å². The molecule has 0 amide bonds. The minimum atomic E-state index is 0.772. The van der Waals surface area contributed by atoms with Gasteiger partial charge in [0, 0.05) is 30.4 Å². The SMILES string of the molecule is CN1c2ccccc2C2CSCCC21. The summed E-state index contributed by atoms with van der Waals surface area (Å²) in [5.74, 6) is 3.43. The van der Waals surface area contributed by atoms with Crippen LogP contribution in [0.15, 0.2) is 24.3 Å². The van der Waals surface area contributed by atoms with E-state index in [-0.39, 0.29) is 0 Å². The molecule has 2 aliphatic rings. The summed E-state index contributed by atoms with van der Waals surface area (Å²) in [6.07, 6.45) is 1.35. The molecular formula is C12H15NS. The van der Waals surface area contributed by atoms with Crippen LogP contribution in [0.25, 0.3) is 0 Å². The summed E-state index contributed by atoms with van der Waals surface area (Å²) >= 11 is 2.11. The summed E-state index contributed by atoms with van der Waals surface area (Å²) in [6, 6.07) is 9.67. The molecule has 2 unspecified atom stereocenters. The van der Waals surface area contributed by atoms with Crippen LogP contribution in [0.3, 0.4) is 0 Å². The molecule has 1 aromatic rings. The van der Waals surface area contributed by atoms with E-state index in [4.69, 9.17) is 0 Å². The van der Waals surface area contributed by atoms with Crippen molar-refractivity contribution in [3.8, 4) is 0 Å². The smallest absolute Gasteiger partial charge is 0.0402 e. The van der Waals surface area contributed by atoms with Gasteiger partial charge in [-0.15, -0.1) is 0 Å². The number of rotatable bonds is 0. The molecule has 0 spiro atoms. The number of likely N-dealkylation sites (N-methyl/N-ethyl adjacent to an activating group) is 1. The van der Waals surface area contributed by atoms with Crippen molar-refractivity contribution in [2.45, 2.75) is 18.4 Å². The summed E-state index contributed by atoms with van der Waals surface area (Å²) in [5, 5.41) is 0. The lowest BCUT2D eigenvalue weighted by molar-refractivity contribution is 0.558. The van der Waals surface area contributed by atoms with Gasteiger partial charge >= 0.3 is 0 Å². The van der Waals surface area contributed by atoms with Gasteiger partial charge in [0.2, 0.25) is 0 Å². The van der Waals surface area contributed by atoms with Crippen molar-refractivity contribution < 1.29 is 0 Å². The molecule has 1 saturated heterocycles. The Hall–Kier alpha value is -0.630. The Morgan fingerprint density at radius 1 is 1.36 bits per heavy atom. The highest BCUT2D eigenvalue weighted by atomic mass is 32.2. The summed E-state index contributed by atoms with van der Waals surface area (Å²) in [6.45, 7) is 0. The van der Waals surface area contributed by atoms with Crippen molar-refractivity contribution in [2.24, 2.45) is 0 Å². The lowest BCUT2D eigenvalue weighted by Crippen LogP contribution is -2.34. The Morgan fingerprint density at radius 2 is 2.21 bits per heavy atom. The monoisotopic (exact) mass is 205 g/mol. The van der Waals surface area contributed by atoms with Crippen LogP contribution in [0, 0.1) is 0 Å². The van der Waals surface area contributed by atoms with E-state index in [0.717, 1.165) is 12.0 Å². The Labute approximate surface area is 89.5 Å². The largest absolute Gasteiger partial charge is 0.371 e. The minimum absolute atomic E-state index is 0.772. The number of fused-ring (bicyclic) bond motifs is 3. The highest BCUT2D eigenvalue weighted by Gasteiger charge is 2.37.